The fourth-order valence-corrected chi connectivity index (χ4v) is 6.09. The molecule has 31 heavy (non-hydrogen) atoms. The fraction of sp³-hybridized carbons (Fsp3) is 0.320. The first-order chi connectivity index (χ1) is 15.0. The SMILES string of the molecule is Cc1c(Cl)cccc1NC(=O)c1ccc(N2C(=O)[C@@H]3[C@H]4C=C[C@@H]([C@@H]5C[C@@H]45)[C@H]3C2=O)cc1. The minimum absolute atomic E-state index is 0.0912. The van der Waals surface area contributed by atoms with Crippen molar-refractivity contribution in [3.05, 3.63) is 70.8 Å². The van der Waals surface area contributed by atoms with Crippen molar-refractivity contribution in [3.63, 3.8) is 0 Å². The molecule has 1 aliphatic heterocycles. The van der Waals surface area contributed by atoms with Gasteiger partial charge in [0.25, 0.3) is 5.91 Å². The van der Waals surface area contributed by atoms with Crippen LogP contribution in [0.3, 0.4) is 0 Å². The van der Waals surface area contributed by atoms with E-state index in [1.807, 2.05) is 6.92 Å². The molecule has 2 saturated carbocycles. The summed E-state index contributed by atoms with van der Waals surface area (Å²) in [4.78, 5) is 40.4. The molecule has 3 fully saturated rings. The number of halogens is 1. The summed E-state index contributed by atoms with van der Waals surface area (Å²) in [5.41, 5.74) is 2.43. The molecular weight excluding hydrogens is 412 g/mol. The minimum atomic E-state index is -0.271. The molecular formula is C25H21ClN2O3. The van der Waals surface area contributed by atoms with Crippen LogP contribution in [0.25, 0.3) is 0 Å². The third-order valence-corrected chi connectivity index (χ3v) is 7.98. The first-order valence-electron chi connectivity index (χ1n) is 10.7. The van der Waals surface area contributed by atoms with Crippen LogP contribution in [0.15, 0.2) is 54.6 Å². The van der Waals surface area contributed by atoms with Gasteiger partial charge in [-0.3, -0.25) is 19.3 Å². The summed E-state index contributed by atoms with van der Waals surface area (Å²) in [6.45, 7) is 1.84. The van der Waals surface area contributed by atoms with Crippen molar-refractivity contribution in [1.82, 2.24) is 0 Å². The second-order valence-electron chi connectivity index (χ2n) is 9.08. The Morgan fingerprint density at radius 1 is 0.968 bits per heavy atom. The van der Waals surface area contributed by atoms with Crippen LogP contribution in [0.5, 0.6) is 0 Å². The summed E-state index contributed by atoms with van der Waals surface area (Å²) in [5, 5.41) is 3.45. The number of imide groups is 1. The molecule has 0 radical (unpaired) electrons. The number of nitrogens with zero attached hydrogens (tertiary/aromatic N) is 1. The number of benzene rings is 2. The molecule has 0 aromatic heterocycles. The number of nitrogens with one attached hydrogen (secondary N) is 1. The number of hydrogen-bond acceptors (Lipinski definition) is 3. The molecule has 7 rings (SSSR count). The highest BCUT2D eigenvalue weighted by Gasteiger charge is 2.67. The van der Waals surface area contributed by atoms with Crippen molar-refractivity contribution >= 4 is 40.7 Å². The fourth-order valence-electron chi connectivity index (χ4n) is 5.91. The molecule has 1 saturated heterocycles. The first kappa shape index (κ1) is 18.8. The number of allylic oxidation sites excluding steroid dienone is 2. The predicted octanol–water partition coefficient (Wildman–Crippen LogP) is 4.46. The lowest BCUT2D eigenvalue weighted by Crippen LogP contribution is -2.40. The Kier molecular flexibility index (Phi) is 3.97. The van der Waals surface area contributed by atoms with Gasteiger partial charge in [0, 0.05) is 16.3 Å². The lowest BCUT2D eigenvalue weighted by Gasteiger charge is -2.37. The van der Waals surface area contributed by atoms with Crippen LogP contribution in [-0.4, -0.2) is 17.7 Å². The van der Waals surface area contributed by atoms with Crippen LogP contribution in [0.2, 0.25) is 5.02 Å². The van der Waals surface area contributed by atoms with E-state index < -0.39 is 0 Å². The largest absolute Gasteiger partial charge is 0.322 e. The van der Waals surface area contributed by atoms with E-state index in [-0.39, 0.29) is 41.4 Å². The Morgan fingerprint density at radius 2 is 1.58 bits per heavy atom. The van der Waals surface area contributed by atoms with Crippen molar-refractivity contribution in [2.45, 2.75) is 13.3 Å². The second-order valence-corrected chi connectivity index (χ2v) is 9.49. The number of rotatable bonds is 3. The molecule has 0 spiro atoms. The van der Waals surface area contributed by atoms with Gasteiger partial charge in [0.1, 0.15) is 0 Å². The van der Waals surface area contributed by atoms with Crippen molar-refractivity contribution in [2.75, 3.05) is 10.2 Å². The van der Waals surface area contributed by atoms with Gasteiger partial charge in [-0.05, 0) is 79.0 Å². The average Bonchev–Trinajstić information content (AvgIpc) is 3.55. The van der Waals surface area contributed by atoms with E-state index in [0.29, 0.717) is 33.8 Å². The lowest BCUT2D eigenvalue weighted by molar-refractivity contribution is -0.124. The number of anilines is 2. The van der Waals surface area contributed by atoms with E-state index in [4.69, 9.17) is 11.6 Å². The highest BCUT2D eigenvalue weighted by molar-refractivity contribution is 6.31. The quantitative estimate of drug-likeness (QED) is 0.575. The van der Waals surface area contributed by atoms with Gasteiger partial charge in [-0.25, -0.2) is 0 Å². The van der Waals surface area contributed by atoms with Gasteiger partial charge in [0.2, 0.25) is 11.8 Å². The topological polar surface area (TPSA) is 66.5 Å². The Labute approximate surface area is 185 Å². The second kappa shape index (κ2) is 6.54. The third kappa shape index (κ3) is 2.66. The Bertz CT molecular complexity index is 1140. The maximum absolute atomic E-state index is 13.2. The normalized spacial score (nSPS) is 32.1. The van der Waals surface area contributed by atoms with Gasteiger partial charge in [-0.15, -0.1) is 0 Å². The van der Waals surface area contributed by atoms with E-state index in [0.717, 1.165) is 12.0 Å². The van der Waals surface area contributed by atoms with E-state index >= 15 is 0 Å². The van der Waals surface area contributed by atoms with Gasteiger partial charge < -0.3 is 5.32 Å². The molecule has 4 aliphatic carbocycles. The van der Waals surface area contributed by atoms with E-state index in [1.54, 1.807) is 42.5 Å². The molecule has 1 N–H and O–H groups in total. The molecule has 5 aliphatic rings. The summed E-state index contributed by atoms with van der Waals surface area (Å²) in [6, 6.07) is 12.0. The zero-order valence-corrected chi connectivity index (χ0v) is 17.7. The van der Waals surface area contributed by atoms with Gasteiger partial charge in [0.15, 0.2) is 0 Å². The Morgan fingerprint density at radius 3 is 2.19 bits per heavy atom. The summed E-state index contributed by atoms with van der Waals surface area (Å²) >= 11 is 6.13. The molecule has 1 heterocycles. The van der Waals surface area contributed by atoms with Crippen molar-refractivity contribution in [3.8, 4) is 0 Å². The smallest absolute Gasteiger partial charge is 0.255 e. The monoisotopic (exact) mass is 432 g/mol. The first-order valence-corrected chi connectivity index (χ1v) is 11.1. The Balaban J connectivity index is 1.24. The molecule has 156 valence electrons. The molecule has 2 aromatic rings. The molecule has 2 aromatic carbocycles. The number of amides is 3. The summed E-state index contributed by atoms with van der Waals surface area (Å²) in [6.07, 6.45) is 5.48. The highest BCUT2D eigenvalue weighted by atomic mass is 35.5. The van der Waals surface area contributed by atoms with Gasteiger partial charge in [0.05, 0.1) is 17.5 Å². The van der Waals surface area contributed by atoms with Crippen LogP contribution in [0.1, 0.15) is 22.3 Å². The molecule has 3 amide bonds. The molecule has 5 nitrogen and oxygen atoms in total. The Hall–Kier alpha value is -2.92. The zero-order valence-electron chi connectivity index (χ0n) is 16.9. The van der Waals surface area contributed by atoms with E-state index in [9.17, 15) is 14.4 Å². The van der Waals surface area contributed by atoms with Gasteiger partial charge in [-0.2, -0.15) is 0 Å². The molecule has 2 bridgehead atoms. The summed E-state index contributed by atoms with van der Waals surface area (Å²) in [7, 11) is 0. The summed E-state index contributed by atoms with van der Waals surface area (Å²) in [5.74, 6) is 0.660. The van der Waals surface area contributed by atoms with Crippen LogP contribution < -0.4 is 10.2 Å². The van der Waals surface area contributed by atoms with Gasteiger partial charge >= 0.3 is 0 Å². The number of hydrogen-bond donors (Lipinski definition) is 1. The van der Waals surface area contributed by atoms with E-state index in [2.05, 4.69) is 17.5 Å². The molecule has 0 unspecified atom stereocenters. The summed E-state index contributed by atoms with van der Waals surface area (Å²) < 4.78 is 0. The van der Waals surface area contributed by atoms with Crippen molar-refractivity contribution in [2.24, 2.45) is 35.5 Å². The highest BCUT2D eigenvalue weighted by Crippen LogP contribution is 2.65. The van der Waals surface area contributed by atoms with Crippen LogP contribution in [0, 0.1) is 42.4 Å². The number of carbonyl (C=O) groups excluding carboxylic acids is 3. The predicted molar refractivity (Wildman–Crippen MR) is 118 cm³/mol. The van der Waals surface area contributed by atoms with Crippen LogP contribution in [-0.2, 0) is 9.59 Å². The maximum Gasteiger partial charge on any atom is 0.255 e. The third-order valence-electron chi connectivity index (χ3n) is 7.57. The van der Waals surface area contributed by atoms with Gasteiger partial charge in [-0.1, -0.05) is 29.8 Å². The van der Waals surface area contributed by atoms with Crippen LogP contribution >= 0.6 is 11.6 Å². The lowest BCUT2D eigenvalue weighted by atomic mass is 9.63. The van der Waals surface area contributed by atoms with Crippen molar-refractivity contribution < 1.29 is 14.4 Å². The minimum Gasteiger partial charge on any atom is -0.322 e. The standard InChI is InChI=1S/C25H21ClN2O3/c1-12-19(26)3-2-4-20(12)27-23(29)13-5-7-14(8-6-13)28-24(30)21-15-9-10-16(18-11-17(15)18)22(21)25(28)31/h2-10,15-18,21-22H,11H2,1H3,(H,27,29)/t15-,16-,17-,18-,21+,22+/m0/s1. The maximum atomic E-state index is 13.2. The van der Waals surface area contributed by atoms with Crippen LogP contribution in [0.4, 0.5) is 11.4 Å². The molecule has 6 heteroatoms. The average molecular weight is 433 g/mol. The van der Waals surface area contributed by atoms with Crippen molar-refractivity contribution in [1.29, 1.82) is 0 Å². The van der Waals surface area contributed by atoms with E-state index in [1.165, 1.54) is 4.90 Å². The zero-order chi connectivity index (χ0) is 21.4. The molecule has 6 atom stereocenters. The number of carbonyl (C=O) groups is 3.